The molecular weight excluding hydrogens is 381 g/mol. The highest BCUT2D eigenvalue weighted by Crippen LogP contribution is 2.26. The zero-order chi connectivity index (χ0) is 20.0. The van der Waals surface area contributed by atoms with Gasteiger partial charge in [-0.15, -0.1) is 16.8 Å². The molecule has 27 heavy (non-hydrogen) atoms. The molecule has 0 N–H and O–H groups in total. The van der Waals surface area contributed by atoms with Crippen molar-refractivity contribution in [3.8, 4) is 17.1 Å². The van der Waals surface area contributed by atoms with E-state index in [4.69, 9.17) is 4.74 Å². The van der Waals surface area contributed by atoms with E-state index in [9.17, 15) is 18.0 Å². The van der Waals surface area contributed by atoms with Crippen LogP contribution in [0.2, 0.25) is 0 Å². The van der Waals surface area contributed by atoms with Gasteiger partial charge in [-0.2, -0.15) is 13.2 Å². The molecule has 0 aliphatic heterocycles. The van der Waals surface area contributed by atoms with Gasteiger partial charge in [0, 0.05) is 19.2 Å². The van der Waals surface area contributed by atoms with Crippen LogP contribution in [0, 0.1) is 0 Å². The number of alkyl halides is 3. The Hall–Kier alpha value is -2.49. The average Bonchev–Trinajstić information content (AvgIpc) is 3.01. The Labute approximate surface area is 159 Å². The van der Waals surface area contributed by atoms with E-state index in [2.05, 4.69) is 16.8 Å². The van der Waals surface area contributed by atoms with Crippen molar-refractivity contribution in [1.29, 1.82) is 0 Å². The summed E-state index contributed by atoms with van der Waals surface area (Å²) in [5, 5.41) is 8.63. The highest BCUT2D eigenvalue weighted by Gasteiger charge is 2.31. The summed E-state index contributed by atoms with van der Waals surface area (Å²) < 4.78 is 44.0. The molecule has 0 aliphatic carbocycles. The first kappa shape index (κ1) is 20.8. The molecule has 0 bridgehead atoms. The standard InChI is InChI=1S/C17H19F3N4O2S/c1-4-9-24-15(12-5-7-13(26-3)8-6-12)21-22-16(24)27-10-14(25)23(2)11-17(18,19)20/h4-8H,1,9-11H2,2-3H3. The molecule has 0 spiro atoms. The van der Waals surface area contributed by atoms with Crippen LogP contribution in [0.25, 0.3) is 11.4 Å². The molecule has 2 aromatic rings. The number of methoxy groups -OCH3 is 1. The van der Waals surface area contributed by atoms with Crippen molar-refractivity contribution in [1.82, 2.24) is 19.7 Å². The SMILES string of the molecule is C=CCn1c(SCC(=O)N(C)CC(F)(F)F)nnc1-c1ccc(OC)cc1. The molecule has 1 amide bonds. The Kier molecular flexibility index (Phi) is 6.89. The van der Waals surface area contributed by atoms with Crippen molar-refractivity contribution < 1.29 is 22.7 Å². The lowest BCUT2D eigenvalue weighted by Crippen LogP contribution is -2.36. The topological polar surface area (TPSA) is 60.2 Å². The number of rotatable bonds is 8. The average molecular weight is 400 g/mol. The lowest BCUT2D eigenvalue weighted by molar-refractivity contribution is -0.156. The summed E-state index contributed by atoms with van der Waals surface area (Å²) in [7, 11) is 2.68. The highest BCUT2D eigenvalue weighted by molar-refractivity contribution is 7.99. The van der Waals surface area contributed by atoms with Gasteiger partial charge in [0.2, 0.25) is 5.91 Å². The lowest BCUT2D eigenvalue weighted by Gasteiger charge is -2.18. The van der Waals surface area contributed by atoms with Crippen LogP contribution in [0.5, 0.6) is 5.75 Å². The van der Waals surface area contributed by atoms with Gasteiger partial charge in [-0.25, -0.2) is 0 Å². The van der Waals surface area contributed by atoms with Crippen molar-refractivity contribution in [2.75, 3.05) is 26.5 Å². The number of benzene rings is 1. The molecule has 1 aromatic carbocycles. The Morgan fingerprint density at radius 1 is 1.33 bits per heavy atom. The largest absolute Gasteiger partial charge is 0.497 e. The monoisotopic (exact) mass is 400 g/mol. The minimum absolute atomic E-state index is 0.176. The number of hydrogen-bond acceptors (Lipinski definition) is 5. The number of carbonyl (C=O) groups excluding carboxylic acids is 1. The Bertz CT molecular complexity index is 790. The van der Waals surface area contributed by atoms with Crippen molar-refractivity contribution in [3.63, 3.8) is 0 Å². The molecule has 0 radical (unpaired) electrons. The third-order valence-corrected chi connectivity index (χ3v) is 4.50. The number of halogens is 3. The number of allylic oxidation sites excluding steroid dienone is 1. The zero-order valence-electron chi connectivity index (χ0n) is 14.9. The van der Waals surface area contributed by atoms with Gasteiger partial charge in [-0.05, 0) is 24.3 Å². The molecule has 146 valence electrons. The molecule has 0 saturated carbocycles. The first-order valence-corrected chi connectivity index (χ1v) is 8.85. The van der Waals surface area contributed by atoms with Gasteiger partial charge >= 0.3 is 6.18 Å². The van der Waals surface area contributed by atoms with Crippen molar-refractivity contribution >= 4 is 17.7 Å². The first-order valence-electron chi connectivity index (χ1n) is 7.87. The minimum Gasteiger partial charge on any atom is -0.497 e. The summed E-state index contributed by atoms with van der Waals surface area (Å²) in [5.41, 5.74) is 0.789. The molecule has 6 nitrogen and oxygen atoms in total. The van der Waals surface area contributed by atoms with Crippen LogP contribution < -0.4 is 4.74 Å². The molecule has 1 heterocycles. The second-order valence-electron chi connectivity index (χ2n) is 5.59. The predicted octanol–water partition coefficient (Wildman–Crippen LogP) is 3.25. The number of carbonyl (C=O) groups is 1. The smallest absolute Gasteiger partial charge is 0.406 e. The summed E-state index contributed by atoms with van der Waals surface area (Å²) >= 11 is 1.03. The van der Waals surface area contributed by atoms with Crippen LogP contribution in [0.15, 0.2) is 42.1 Å². The normalized spacial score (nSPS) is 11.3. The summed E-state index contributed by atoms with van der Waals surface area (Å²) in [6.45, 7) is 2.80. The molecule has 2 rings (SSSR count). The fourth-order valence-electron chi connectivity index (χ4n) is 2.24. The number of thioether (sulfide) groups is 1. The molecule has 0 fully saturated rings. The maximum atomic E-state index is 12.4. The Morgan fingerprint density at radius 2 is 2.00 bits per heavy atom. The number of hydrogen-bond donors (Lipinski definition) is 0. The molecule has 1 aromatic heterocycles. The van der Waals surface area contributed by atoms with Gasteiger partial charge in [0.25, 0.3) is 0 Å². The van der Waals surface area contributed by atoms with E-state index in [1.807, 2.05) is 12.1 Å². The second kappa shape index (κ2) is 8.94. The number of aromatic nitrogens is 3. The van der Waals surface area contributed by atoms with E-state index in [0.717, 1.165) is 24.4 Å². The second-order valence-corrected chi connectivity index (χ2v) is 6.53. The van der Waals surface area contributed by atoms with Crippen molar-refractivity contribution in [2.24, 2.45) is 0 Å². The van der Waals surface area contributed by atoms with Gasteiger partial charge in [-0.3, -0.25) is 9.36 Å². The van der Waals surface area contributed by atoms with E-state index in [1.165, 1.54) is 0 Å². The molecule has 0 aliphatic rings. The van der Waals surface area contributed by atoms with E-state index in [0.29, 0.717) is 28.2 Å². The number of nitrogens with zero attached hydrogens (tertiary/aromatic N) is 4. The molecule has 10 heteroatoms. The van der Waals surface area contributed by atoms with E-state index in [1.54, 1.807) is 29.9 Å². The third kappa shape index (κ3) is 5.75. The number of amides is 1. The lowest BCUT2D eigenvalue weighted by atomic mass is 10.2. The predicted molar refractivity (Wildman–Crippen MR) is 96.6 cm³/mol. The molecular formula is C17H19F3N4O2S. The van der Waals surface area contributed by atoms with Crippen LogP contribution in [0.4, 0.5) is 13.2 Å². The van der Waals surface area contributed by atoms with Crippen LogP contribution in [0.3, 0.4) is 0 Å². The molecule has 0 saturated heterocycles. The Morgan fingerprint density at radius 3 is 2.56 bits per heavy atom. The van der Waals surface area contributed by atoms with Gasteiger partial charge < -0.3 is 9.64 Å². The highest BCUT2D eigenvalue weighted by atomic mass is 32.2. The minimum atomic E-state index is -4.43. The summed E-state index contributed by atoms with van der Waals surface area (Å²) in [4.78, 5) is 12.6. The molecule has 0 atom stereocenters. The molecule has 0 unspecified atom stereocenters. The van der Waals surface area contributed by atoms with Gasteiger partial charge in [0.05, 0.1) is 12.9 Å². The summed E-state index contributed by atoms with van der Waals surface area (Å²) in [6.07, 6.45) is -2.78. The van der Waals surface area contributed by atoms with Crippen molar-refractivity contribution in [3.05, 3.63) is 36.9 Å². The van der Waals surface area contributed by atoms with Gasteiger partial charge in [0.1, 0.15) is 12.3 Å². The van der Waals surface area contributed by atoms with Crippen LogP contribution in [-0.2, 0) is 11.3 Å². The van der Waals surface area contributed by atoms with Crippen molar-refractivity contribution in [2.45, 2.75) is 17.9 Å². The van der Waals surface area contributed by atoms with Crippen LogP contribution in [0.1, 0.15) is 0 Å². The van der Waals surface area contributed by atoms with Crippen LogP contribution >= 0.6 is 11.8 Å². The maximum absolute atomic E-state index is 12.4. The van der Waals surface area contributed by atoms with Gasteiger partial charge in [0.15, 0.2) is 11.0 Å². The fraction of sp³-hybridized carbons (Fsp3) is 0.353. The van der Waals surface area contributed by atoms with E-state index in [-0.39, 0.29) is 5.75 Å². The first-order chi connectivity index (χ1) is 12.7. The summed E-state index contributed by atoms with van der Waals surface area (Å²) in [6, 6.07) is 7.20. The quantitative estimate of drug-likeness (QED) is 0.503. The number of ether oxygens (including phenoxy) is 1. The fourth-order valence-corrected chi connectivity index (χ4v) is 3.12. The van der Waals surface area contributed by atoms with Gasteiger partial charge in [-0.1, -0.05) is 17.8 Å². The Balaban J connectivity index is 2.14. The zero-order valence-corrected chi connectivity index (χ0v) is 15.7. The van der Waals surface area contributed by atoms with E-state index < -0.39 is 18.6 Å². The van der Waals surface area contributed by atoms with E-state index >= 15 is 0 Å². The summed E-state index contributed by atoms with van der Waals surface area (Å²) in [5.74, 6) is 0.443. The maximum Gasteiger partial charge on any atom is 0.406 e. The van der Waals surface area contributed by atoms with Crippen LogP contribution in [-0.4, -0.2) is 58.2 Å². The third-order valence-electron chi connectivity index (χ3n) is 3.54.